The van der Waals surface area contributed by atoms with E-state index in [9.17, 15) is 14.0 Å². The average Bonchev–Trinajstić information content (AvgIpc) is 3.19. The summed E-state index contributed by atoms with van der Waals surface area (Å²) in [5.74, 6) is -1.46. The number of likely N-dealkylation sites (N-methyl/N-ethyl adjacent to an activating group) is 1. The van der Waals surface area contributed by atoms with Crippen LogP contribution in [0.4, 0.5) is 4.39 Å². The first-order valence-electron chi connectivity index (χ1n) is 9.18. The number of esters is 1. The molecule has 0 spiro atoms. The van der Waals surface area contributed by atoms with Crippen molar-refractivity contribution in [1.82, 2.24) is 19.9 Å². The van der Waals surface area contributed by atoms with Gasteiger partial charge in [0.05, 0.1) is 12.7 Å². The SMILES string of the molecule is CCN(Cc1cccc(F)c1)C(=O)COC(=O)c1cn(Cc2ccccc2)nn1. The lowest BCUT2D eigenvalue weighted by atomic mass is 10.2. The molecular weight excluding hydrogens is 375 g/mol. The minimum atomic E-state index is -0.723. The Hall–Kier alpha value is -3.55. The van der Waals surface area contributed by atoms with Crippen LogP contribution < -0.4 is 0 Å². The fraction of sp³-hybridized carbons (Fsp3) is 0.238. The summed E-state index contributed by atoms with van der Waals surface area (Å²) in [6.07, 6.45) is 1.48. The van der Waals surface area contributed by atoms with E-state index < -0.39 is 12.6 Å². The van der Waals surface area contributed by atoms with Crippen molar-refractivity contribution in [1.29, 1.82) is 0 Å². The van der Waals surface area contributed by atoms with Gasteiger partial charge in [0.1, 0.15) is 5.82 Å². The van der Waals surface area contributed by atoms with Crippen LogP contribution in [0, 0.1) is 5.82 Å². The Morgan fingerprint density at radius 3 is 2.59 bits per heavy atom. The zero-order valence-corrected chi connectivity index (χ0v) is 16.0. The summed E-state index contributed by atoms with van der Waals surface area (Å²) >= 11 is 0. The first kappa shape index (κ1) is 20.2. The van der Waals surface area contributed by atoms with E-state index in [-0.39, 0.29) is 24.0 Å². The number of ether oxygens (including phenoxy) is 1. The van der Waals surface area contributed by atoms with Gasteiger partial charge in [-0.05, 0) is 30.2 Å². The molecule has 0 unspecified atom stereocenters. The van der Waals surface area contributed by atoms with Gasteiger partial charge in [0.2, 0.25) is 0 Å². The van der Waals surface area contributed by atoms with Crippen LogP contribution >= 0.6 is 0 Å². The summed E-state index contributed by atoms with van der Waals surface area (Å²) in [7, 11) is 0. The fourth-order valence-corrected chi connectivity index (χ4v) is 2.76. The number of hydrogen-bond donors (Lipinski definition) is 0. The highest BCUT2D eigenvalue weighted by Crippen LogP contribution is 2.08. The van der Waals surface area contributed by atoms with Crippen LogP contribution in [0.1, 0.15) is 28.5 Å². The van der Waals surface area contributed by atoms with Gasteiger partial charge < -0.3 is 9.64 Å². The van der Waals surface area contributed by atoms with Gasteiger partial charge in [0.25, 0.3) is 5.91 Å². The van der Waals surface area contributed by atoms with Crippen molar-refractivity contribution in [3.05, 3.63) is 83.4 Å². The molecule has 0 atom stereocenters. The second-order valence-corrected chi connectivity index (χ2v) is 6.40. The quantitative estimate of drug-likeness (QED) is 0.547. The minimum Gasteiger partial charge on any atom is -0.451 e. The molecule has 8 heteroatoms. The lowest BCUT2D eigenvalue weighted by Gasteiger charge is -2.20. The number of aromatic nitrogens is 3. The Kier molecular flexibility index (Phi) is 6.67. The smallest absolute Gasteiger partial charge is 0.361 e. The second kappa shape index (κ2) is 9.59. The Bertz CT molecular complexity index is 975. The lowest BCUT2D eigenvalue weighted by molar-refractivity contribution is -0.135. The molecule has 0 N–H and O–H groups in total. The molecule has 2 aromatic carbocycles. The van der Waals surface area contributed by atoms with Crippen LogP contribution in [-0.4, -0.2) is 44.9 Å². The summed E-state index contributed by atoms with van der Waals surface area (Å²) < 4.78 is 19.9. The van der Waals surface area contributed by atoms with Crippen molar-refractivity contribution in [3.8, 4) is 0 Å². The second-order valence-electron chi connectivity index (χ2n) is 6.40. The number of halogens is 1. The average molecular weight is 396 g/mol. The van der Waals surface area contributed by atoms with Gasteiger partial charge in [0, 0.05) is 13.1 Å². The standard InChI is InChI=1S/C21H21FN4O3/c1-2-25(12-17-9-6-10-18(22)11-17)20(27)15-29-21(28)19-14-26(24-23-19)13-16-7-4-3-5-8-16/h3-11,14H,2,12-13,15H2,1H3. The van der Waals surface area contributed by atoms with E-state index in [0.29, 0.717) is 18.7 Å². The highest BCUT2D eigenvalue weighted by atomic mass is 19.1. The third kappa shape index (κ3) is 5.71. The van der Waals surface area contributed by atoms with Crippen molar-refractivity contribution >= 4 is 11.9 Å². The van der Waals surface area contributed by atoms with E-state index in [1.165, 1.54) is 27.9 Å². The molecule has 0 bridgehead atoms. The molecule has 0 saturated carbocycles. The molecule has 0 aliphatic rings. The summed E-state index contributed by atoms with van der Waals surface area (Å²) in [6, 6.07) is 15.6. The van der Waals surface area contributed by atoms with Crippen LogP contribution in [0.3, 0.4) is 0 Å². The number of amides is 1. The zero-order valence-electron chi connectivity index (χ0n) is 16.0. The maximum atomic E-state index is 13.3. The van der Waals surface area contributed by atoms with E-state index in [4.69, 9.17) is 4.74 Å². The zero-order chi connectivity index (χ0) is 20.6. The lowest BCUT2D eigenvalue weighted by Crippen LogP contribution is -2.34. The predicted octanol–water partition coefficient (Wildman–Crippen LogP) is 2.67. The first-order chi connectivity index (χ1) is 14.0. The number of benzene rings is 2. The molecule has 29 heavy (non-hydrogen) atoms. The predicted molar refractivity (Wildman–Crippen MR) is 103 cm³/mol. The van der Waals surface area contributed by atoms with Crippen LogP contribution in [-0.2, 0) is 22.6 Å². The van der Waals surface area contributed by atoms with Gasteiger partial charge in [-0.25, -0.2) is 13.9 Å². The molecular formula is C21H21FN4O3. The van der Waals surface area contributed by atoms with Crippen LogP contribution in [0.2, 0.25) is 0 Å². The normalized spacial score (nSPS) is 10.6. The summed E-state index contributed by atoms with van der Waals surface area (Å²) in [5, 5.41) is 7.71. The maximum absolute atomic E-state index is 13.3. The van der Waals surface area contributed by atoms with Gasteiger partial charge in [-0.3, -0.25) is 4.79 Å². The van der Waals surface area contributed by atoms with E-state index in [0.717, 1.165) is 5.56 Å². The molecule has 0 radical (unpaired) electrons. The van der Waals surface area contributed by atoms with E-state index in [1.54, 1.807) is 19.1 Å². The van der Waals surface area contributed by atoms with Gasteiger partial charge in [-0.15, -0.1) is 5.10 Å². The van der Waals surface area contributed by atoms with E-state index in [1.807, 2.05) is 30.3 Å². The number of hydrogen-bond acceptors (Lipinski definition) is 5. The monoisotopic (exact) mass is 396 g/mol. The molecule has 1 heterocycles. The Balaban J connectivity index is 1.53. The summed E-state index contributed by atoms with van der Waals surface area (Å²) in [4.78, 5) is 26.0. The molecule has 150 valence electrons. The Morgan fingerprint density at radius 2 is 1.86 bits per heavy atom. The fourth-order valence-electron chi connectivity index (χ4n) is 2.76. The molecule has 7 nitrogen and oxygen atoms in total. The third-order valence-electron chi connectivity index (χ3n) is 4.26. The largest absolute Gasteiger partial charge is 0.451 e. The van der Waals surface area contributed by atoms with Crippen molar-refractivity contribution in [2.45, 2.75) is 20.0 Å². The number of nitrogens with zero attached hydrogens (tertiary/aromatic N) is 4. The molecule has 0 saturated heterocycles. The minimum absolute atomic E-state index is 0.0295. The highest BCUT2D eigenvalue weighted by Gasteiger charge is 2.18. The number of rotatable bonds is 8. The van der Waals surface area contributed by atoms with Crippen molar-refractivity contribution in [3.63, 3.8) is 0 Å². The van der Waals surface area contributed by atoms with Crippen LogP contribution in [0.5, 0.6) is 0 Å². The Morgan fingerprint density at radius 1 is 1.10 bits per heavy atom. The highest BCUT2D eigenvalue weighted by molar-refractivity contribution is 5.89. The number of carbonyl (C=O) groups is 2. The molecule has 1 aromatic heterocycles. The summed E-state index contributed by atoms with van der Waals surface area (Å²) in [5.41, 5.74) is 1.71. The maximum Gasteiger partial charge on any atom is 0.361 e. The van der Waals surface area contributed by atoms with Gasteiger partial charge in [-0.2, -0.15) is 0 Å². The van der Waals surface area contributed by atoms with Crippen LogP contribution in [0.15, 0.2) is 60.8 Å². The van der Waals surface area contributed by atoms with Crippen molar-refractivity contribution < 1.29 is 18.7 Å². The third-order valence-corrected chi connectivity index (χ3v) is 4.26. The molecule has 3 aromatic rings. The molecule has 0 fully saturated rings. The molecule has 1 amide bonds. The Labute approximate surface area is 167 Å². The van der Waals surface area contributed by atoms with Crippen molar-refractivity contribution in [2.24, 2.45) is 0 Å². The topological polar surface area (TPSA) is 77.3 Å². The summed E-state index contributed by atoms with van der Waals surface area (Å²) in [6.45, 7) is 2.48. The first-order valence-corrected chi connectivity index (χ1v) is 9.18. The van der Waals surface area contributed by atoms with Gasteiger partial charge in [0.15, 0.2) is 12.3 Å². The molecule has 0 aliphatic carbocycles. The van der Waals surface area contributed by atoms with Crippen molar-refractivity contribution in [2.75, 3.05) is 13.2 Å². The van der Waals surface area contributed by atoms with Gasteiger partial charge >= 0.3 is 5.97 Å². The number of carbonyl (C=O) groups excluding carboxylic acids is 2. The molecule has 0 aliphatic heterocycles. The van der Waals surface area contributed by atoms with E-state index in [2.05, 4.69) is 10.3 Å². The molecule has 3 rings (SSSR count). The van der Waals surface area contributed by atoms with Crippen LogP contribution in [0.25, 0.3) is 0 Å². The van der Waals surface area contributed by atoms with Gasteiger partial charge in [-0.1, -0.05) is 47.7 Å². The van der Waals surface area contributed by atoms with E-state index >= 15 is 0 Å².